The highest BCUT2D eigenvalue weighted by atomic mass is 79.9. The molecular formula is C5H10BrNO3S. The fraction of sp³-hybridized carbons (Fsp3) is 0.800. The number of alkyl halides is 1. The average Bonchev–Trinajstić information content (AvgIpc) is 2.01. The number of carbonyl (C=O) groups is 1. The number of hydrogen-bond donors (Lipinski definition) is 2. The highest BCUT2D eigenvalue weighted by Crippen LogP contribution is 1.97. The fourth-order valence-electron chi connectivity index (χ4n) is 0.496. The largest absolute Gasteiger partial charge is 0.273 e. The van der Waals surface area contributed by atoms with Crippen molar-refractivity contribution in [2.75, 3.05) is 5.33 Å². The van der Waals surface area contributed by atoms with Gasteiger partial charge in [-0.25, -0.2) is 5.48 Å². The lowest BCUT2D eigenvalue weighted by atomic mass is 10.2. The van der Waals surface area contributed by atoms with Crippen LogP contribution in [0.4, 0.5) is 0 Å². The molecule has 66 valence electrons. The molecule has 0 rings (SSSR count). The summed E-state index contributed by atoms with van der Waals surface area (Å²) in [7, 11) is 0. The van der Waals surface area contributed by atoms with Crippen molar-refractivity contribution < 1.29 is 14.1 Å². The SMILES string of the molecule is O=C(CCCCBr)NOOS. The van der Waals surface area contributed by atoms with Crippen LogP contribution in [0.5, 0.6) is 0 Å². The highest BCUT2D eigenvalue weighted by Gasteiger charge is 1.99. The molecule has 0 spiro atoms. The smallest absolute Gasteiger partial charge is 0.245 e. The van der Waals surface area contributed by atoms with Crippen LogP contribution in [0.3, 0.4) is 0 Å². The first kappa shape index (κ1) is 11.2. The van der Waals surface area contributed by atoms with Crippen molar-refractivity contribution in [2.45, 2.75) is 19.3 Å². The summed E-state index contributed by atoms with van der Waals surface area (Å²) in [6.07, 6.45) is 2.23. The Labute approximate surface area is 79.3 Å². The van der Waals surface area contributed by atoms with Gasteiger partial charge in [0.1, 0.15) is 0 Å². The van der Waals surface area contributed by atoms with Gasteiger partial charge in [0.25, 0.3) is 0 Å². The lowest BCUT2D eigenvalue weighted by Crippen LogP contribution is -2.21. The van der Waals surface area contributed by atoms with Crippen LogP contribution in [0, 0.1) is 0 Å². The summed E-state index contributed by atoms with van der Waals surface area (Å²) in [6, 6.07) is 0. The van der Waals surface area contributed by atoms with Gasteiger partial charge in [-0.15, -0.1) is 4.33 Å². The van der Waals surface area contributed by atoms with E-state index in [1.165, 1.54) is 0 Å². The Bertz CT molecular complexity index is 114. The molecule has 0 aliphatic carbocycles. The molecule has 0 bridgehead atoms. The third-order valence-electron chi connectivity index (χ3n) is 0.980. The molecule has 0 aliphatic heterocycles. The Morgan fingerprint density at radius 3 is 2.82 bits per heavy atom. The molecule has 0 saturated carbocycles. The van der Waals surface area contributed by atoms with Gasteiger partial charge in [0.15, 0.2) is 0 Å². The zero-order valence-electron chi connectivity index (χ0n) is 5.88. The number of thiol groups is 1. The summed E-state index contributed by atoms with van der Waals surface area (Å²) < 4.78 is 3.87. The number of carbonyl (C=O) groups excluding carboxylic acids is 1. The molecule has 1 amide bonds. The Morgan fingerprint density at radius 1 is 1.55 bits per heavy atom. The molecule has 6 heteroatoms. The molecule has 0 saturated heterocycles. The average molecular weight is 244 g/mol. The van der Waals surface area contributed by atoms with Crippen LogP contribution >= 0.6 is 28.8 Å². The van der Waals surface area contributed by atoms with Crippen molar-refractivity contribution >= 4 is 34.7 Å². The molecule has 0 heterocycles. The summed E-state index contributed by atoms with van der Waals surface area (Å²) >= 11 is 6.51. The van der Waals surface area contributed by atoms with Crippen LogP contribution in [0.1, 0.15) is 19.3 Å². The van der Waals surface area contributed by atoms with Crippen LogP contribution in [0.15, 0.2) is 0 Å². The van der Waals surface area contributed by atoms with E-state index in [1.54, 1.807) is 0 Å². The first-order valence-corrected chi connectivity index (χ1v) is 4.61. The van der Waals surface area contributed by atoms with E-state index in [0.29, 0.717) is 6.42 Å². The van der Waals surface area contributed by atoms with E-state index in [9.17, 15) is 4.79 Å². The lowest BCUT2D eigenvalue weighted by Gasteiger charge is -1.99. The van der Waals surface area contributed by atoms with Gasteiger partial charge < -0.3 is 0 Å². The van der Waals surface area contributed by atoms with Crippen LogP contribution in [-0.4, -0.2) is 11.2 Å². The molecule has 0 aromatic heterocycles. The molecule has 0 aromatic carbocycles. The van der Waals surface area contributed by atoms with E-state index in [-0.39, 0.29) is 5.91 Å². The molecule has 0 aromatic rings. The maximum absolute atomic E-state index is 10.7. The topological polar surface area (TPSA) is 47.6 Å². The van der Waals surface area contributed by atoms with E-state index in [2.05, 4.69) is 38.2 Å². The van der Waals surface area contributed by atoms with Gasteiger partial charge in [0.05, 0.1) is 0 Å². The van der Waals surface area contributed by atoms with Crippen LogP contribution in [0.25, 0.3) is 0 Å². The van der Waals surface area contributed by atoms with Gasteiger partial charge in [-0.3, -0.25) is 4.79 Å². The van der Waals surface area contributed by atoms with Crippen molar-refractivity contribution in [3.8, 4) is 0 Å². The number of nitrogens with one attached hydrogen (secondary N) is 1. The molecule has 0 atom stereocenters. The molecule has 0 unspecified atom stereocenters. The van der Waals surface area contributed by atoms with Crippen molar-refractivity contribution in [2.24, 2.45) is 0 Å². The minimum Gasteiger partial charge on any atom is -0.273 e. The molecular weight excluding hydrogens is 234 g/mol. The van der Waals surface area contributed by atoms with E-state index < -0.39 is 0 Å². The predicted octanol–water partition coefficient (Wildman–Crippen LogP) is 1.38. The summed E-state index contributed by atoms with van der Waals surface area (Å²) in [5.41, 5.74) is 2.04. The molecule has 4 nitrogen and oxygen atoms in total. The van der Waals surface area contributed by atoms with E-state index in [4.69, 9.17) is 0 Å². The number of hydroxylamine groups is 1. The van der Waals surface area contributed by atoms with Gasteiger partial charge in [0.2, 0.25) is 5.91 Å². The lowest BCUT2D eigenvalue weighted by molar-refractivity contribution is -0.239. The second-order valence-corrected chi connectivity index (χ2v) is 2.77. The fourth-order valence-corrected chi connectivity index (χ4v) is 0.930. The quantitative estimate of drug-likeness (QED) is 0.185. The molecule has 0 radical (unpaired) electrons. The zero-order valence-corrected chi connectivity index (χ0v) is 8.36. The maximum Gasteiger partial charge on any atom is 0.245 e. The number of halogens is 1. The molecule has 11 heavy (non-hydrogen) atoms. The predicted molar refractivity (Wildman–Crippen MR) is 46.9 cm³/mol. The van der Waals surface area contributed by atoms with Crippen molar-refractivity contribution in [3.63, 3.8) is 0 Å². The normalized spacial score (nSPS) is 9.64. The standard InChI is InChI=1S/C5H10BrNO3S/c6-4-2-1-3-5(8)7-9-10-11/h11H,1-4H2,(H,7,8). The van der Waals surface area contributed by atoms with Gasteiger partial charge in [-0.1, -0.05) is 20.9 Å². The minimum absolute atomic E-state index is 0.208. The second-order valence-electron chi connectivity index (χ2n) is 1.83. The van der Waals surface area contributed by atoms with Gasteiger partial charge in [-0.05, 0) is 12.8 Å². The first-order chi connectivity index (χ1) is 5.31. The van der Waals surface area contributed by atoms with Gasteiger partial charge >= 0.3 is 0 Å². The number of unbranched alkanes of at least 4 members (excludes halogenated alkanes) is 1. The van der Waals surface area contributed by atoms with Crippen LogP contribution < -0.4 is 5.48 Å². The Kier molecular flexibility index (Phi) is 8.48. The Morgan fingerprint density at radius 2 is 2.27 bits per heavy atom. The van der Waals surface area contributed by atoms with Crippen molar-refractivity contribution in [1.29, 1.82) is 0 Å². The molecule has 0 aliphatic rings. The Balaban J connectivity index is 3.09. The zero-order chi connectivity index (χ0) is 8.53. The number of hydrogen-bond acceptors (Lipinski definition) is 4. The highest BCUT2D eigenvalue weighted by molar-refractivity contribution is 9.09. The minimum atomic E-state index is -0.208. The third kappa shape index (κ3) is 8.12. The van der Waals surface area contributed by atoms with Crippen LogP contribution in [-0.2, 0) is 14.1 Å². The number of amides is 1. The summed E-state index contributed by atoms with van der Waals surface area (Å²) in [6.45, 7) is 0. The van der Waals surface area contributed by atoms with Gasteiger partial charge in [0, 0.05) is 24.7 Å². The third-order valence-corrected chi connectivity index (χ3v) is 1.62. The molecule has 1 N–H and O–H groups in total. The summed E-state index contributed by atoms with van der Waals surface area (Å²) in [5.74, 6) is -0.208. The summed E-state index contributed by atoms with van der Waals surface area (Å²) in [5, 5.41) is 0.907. The van der Waals surface area contributed by atoms with Crippen molar-refractivity contribution in [1.82, 2.24) is 5.48 Å². The Hall–Kier alpha value is 0.220. The van der Waals surface area contributed by atoms with Crippen LogP contribution in [0.2, 0.25) is 0 Å². The van der Waals surface area contributed by atoms with E-state index in [1.807, 2.05) is 5.48 Å². The first-order valence-electron chi connectivity index (χ1n) is 3.13. The summed E-state index contributed by atoms with van der Waals surface area (Å²) in [4.78, 5) is 14.8. The molecule has 0 fully saturated rings. The van der Waals surface area contributed by atoms with E-state index in [0.717, 1.165) is 18.2 Å². The maximum atomic E-state index is 10.7. The monoisotopic (exact) mass is 243 g/mol. The van der Waals surface area contributed by atoms with E-state index >= 15 is 0 Å². The number of rotatable bonds is 6. The van der Waals surface area contributed by atoms with Crippen molar-refractivity contribution in [3.05, 3.63) is 0 Å². The second kappa shape index (κ2) is 8.32. The van der Waals surface area contributed by atoms with Gasteiger partial charge in [-0.2, -0.15) is 0 Å².